The number of amides is 4. The van der Waals surface area contributed by atoms with E-state index in [4.69, 9.17) is 21.4 Å². The first-order chi connectivity index (χ1) is 31.4. The van der Waals surface area contributed by atoms with Gasteiger partial charge in [0.15, 0.2) is 17.2 Å². The SMILES string of the molecule is C=C1N(C)c2cc(C3CCN(C(=O)Nc4cccc(C5C6(C)C[C@@H](Nc7cccc(-c8sc(C(=O)O)c(OCC(=O)O)c8Cl)c7)CCN6S5(=O)=O)c4)CC3)ccc2N1C1CCC(=O)NC1=O. The molecule has 1 aromatic heterocycles. The van der Waals surface area contributed by atoms with Crippen LogP contribution in [0.3, 0.4) is 0 Å². The predicted molar refractivity (Wildman–Crippen MR) is 250 cm³/mol. The minimum Gasteiger partial charge on any atom is -0.479 e. The second-order valence-electron chi connectivity index (χ2n) is 17.5. The summed E-state index contributed by atoms with van der Waals surface area (Å²) in [5, 5.41) is 27.0. The van der Waals surface area contributed by atoms with Gasteiger partial charge in [-0.05, 0) is 98.0 Å². The zero-order valence-corrected chi connectivity index (χ0v) is 38.5. The Morgan fingerprint density at radius 2 is 1.70 bits per heavy atom. The smallest absolute Gasteiger partial charge is 0.349 e. The van der Waals surface area contributed by atoms with Gasteiger partial charge in [0.2, 0.25) is 21.8 Å². The lowest BCUT2D eigenvalue weighted by Gasteiger charge is -2.59. The number of carboxylic acid groups (broad SMARTS) is 2. The molecule has 5 aliphatic heterocycles. The molecule has 4 fully saturated rings. The number of ether oxygens (including phenoxy) is 1. The maximum Gasteiger partial charge on any atom is 0.349 e. The number of thiophene rings is 1. The molecule has 4 saturated heterocycles. The first kappa shape index (κ1) is 45.0. The van der Waals surface area contributed by atoms with Gasteiger partial charge in [-0.1, -0.05) is 48.5 Å². The molecule has 0 aliphatic carbocycles. The van der Waals surface area contributed by atoms with Crippen LogP contribution in [-0.4, -0.2) is 109 Å². The van der Waals surface area contributed by atoms with E-state index in [1.807, 2.05) is 42.0 Å². The number of nitrogens with one attached hydrogen (secondary N) is 3. The number of carboxylic acids is 2. The molecular weight excluding hydrogens is 910 g/mol. The number of carbonyl (C=O) groups excluding carboxylic acids is 3. The standard InChI is InChI=1S/C46H48ClN7O10S2/c1-25-51(3)35-22-27(10-11-33(35)54(25)34-12-13-36(55)50-43(34)58)26-14-17-52(18-15-26)45(61)49-31-9-5-7-29(21-31)42-46(2)23-32(16-19-53(46)66(42,62)63)48-30-8-4-6-28(20-30)40-38(47)39(64-24-37(56)57)41(65-40)44(59)60/h4-11,20-22,26,32,34,42,48H,1,12-19,23-24H2,2-3H3,(H,49,61)(H,56,57)(H,59,60)(H,50,55,58)/t32-,34?,42?,46?/m0/s1. The molecule has 0 spiro atoms. The maximum absolute atomic E-state index is 13.9. The molecule has 3 unspecified atom stereocenters. The molecule has 20 heteroatoms. The monoisotopic (exact) mass is 957 g/mol. The highest BCUT2D eigenvalue weighted by molar-refractivity contribution is 7.90. The van der Waals surface area contributed by atoms with Gasteiger partial charge < -0.3 is 40.3 Å². The summed E-state index contributed by atoms with van der Waals surface area (Å²) in [6.07, 6.45) is 3.17. The normalized spacial score (nSPS) is 24.0. The molecule has 4 aromatic rings. The van der Waals surface area contributed by atoms with Crippen LogP contribution in [0.5, 0.6) is 5.75 Å². The van der Waals surface area contributed by atoms with Crippen molar-refractivity contribution in [1.29, 1.82) is 0 Å². The third-order valence-electron chi connectivity index (χ3n) is 13.4. The zero-order valence-electron chi connectivity index (χ0n) is 36.1. The Bertz CT molecular complexity index is 2810. The van der Waals surface area contributed by atoms with Crippen LogP contribution in [0.4, 0.5) is 27.5 Å². The quantitative estimate of drug-likeness (QED) is 0.0969. The lowest BCUT2D eigenvalue weighted by atomic mass is 9.81. The van der Waals surface area contributed by atoms with Crippen molar-refractivity contribution in [2.75, 3.05) is 53.7 Å². The third kappa shape index (κ3) is 8.00. The van der Waals surface area contributed by atoms with Crippen molar-refractivity contribution < 1.29 is 47.3 Å². The van der Waals surface area contributed by atoms with Crippen LogP contribution >= 0.6 is 22.9 Å². The average Bonchev–Trinajstić information content (AvgIpc) is 3.74. The summed E-state index contributed by atoms with van der Waals surface area (Å²) in [5.41, 5.74) is 4.54. The summed E-state index contributed by atoms with van der Waals surface area (Å²) in [7, 11) is -1.78. The lowest BCUT2D eigenvalue weighted by molar-refractivity contribution is -0.139. The van der Waals surface area contributed by atoms with Gasteiger partial charge >= 0.3 is 18.0 Å². The van der Waals surface area contributed by atoms with Crippen LogP contribution in [0.25, 0.3) is 10.4 Å². The number of aliphatic carboxylic acids is 1. The summed E-state index contributed by atoms with van der Waals surface area (Å²) in [4.78, 5) is 67.1. The molecule has 9 rings (SSSR count). The summed E-state index contributed by atoms with van der Waals surface area (Å²) in [6.45, 7) is 6.77. The van der Waals surface area contributed by atoms with E-state index in [0.29, 0.717) is 72.1 Å². The van der Waals surface area contributed by atoms with Crippen LogP contribution < -0.4 is 30.5 Å². The molecule has 4 atom stereocenters. The number of halogens is 1. The number of imide groups is 1. The molecule has 0 bridgehead atoms. The maximum atomic E-state index is 13.9. The van der Waals surface area contributed by atoms with Gasteiger partial charge in [0, 0.05) is 50.5 Å². The number of rotatable bonds is 11. The summed E-state index contributed by atoms with van der Waals surface area (Å²) in [6, 6.07) is 19.5. The molecule has 3 aromatic carbocycles. The number of aromatic carboxylic acids is 1. The number of fused-ring (bicyclic) bond motifs is 2. The fraction of sp³-hybridized carbons (Fsp3) is 0.370. The summed E-state index contributed by atoms with van der Waals surface area (Å²) < 4.78 is 34.5. The topological polar surface area (TPSA) is 218 Å². The Balaban J connectivity index is 0.837. The second-order valence-corrected chi connectivity index (χ2v) is 20.9. The molecule has 5 aliphatic rings. The number of urea groups is 1. The van der Waals surface area contributed by atoms with Crippen LogP contribution in [-0.2, 0) is 24.4 Å². The Morgan fingerprint density at radius 1 is 0.955 bits per heavy atom. The van der Waals surface area contributed by atoms with Gasteiger partial charge in [0.25, 0.3) is 0 Å². The number of piperidine rings is 3. The molecule has 5 N–H and O–H groups in total. The van der Waals surface area contributed by atoms with Crippen molar-refractivity contribution >= 4 is 85.5 Å². The van der Waals surface area contributed by atoms with Gasteiger partial charge in [-0.3, -0.25) is 14.9 Å². The zero-order chi connectivity index (χ0) is 46.8. The van der Waals surface area contributed by atoms with E-state index in [2.05, 4.69) is 34.7 Å². The molecule has 17 nitrogen and oxygen atoms in total. The van der Waals surface area contributed by atoms with Gasteiger partial charge in [0.1, 0.15) is 22.1 Å². The molecule has 0 radical (unpaired) electrons. The number of nitrogens with zero attached hydrogens (tertiary/aromatic N) is 4. The second kappa shape index (κ2) is 17.3. The van der Waals surface area contributed by atoms with Gasteiger partial charge in [-0.15, -0.1) is 11.3 Å². The first-order valence-corrected chi connectivity index (χ1v) is 24.3. The van der Waals surface area contributed by atoms with E-state index in [9.17, 15) is 37.5 Å². The molecule has 346 valence electrons. The number of carbonyl (C=O) groups is 5. The number of anilines is 4. The molecule has 0 saturated carbocycles. The van der Waals surface area contributed by atoms with Gasteiger partial charge in [0.05, 0.1) is 21.8 Å². The number of benzene rings is 3. The Hall–Kier alpha value is -6.15. The van der Waals surface area contributed by atoms with Crippen molar-refractivity contribution in [3.8, 4) is 16.2 Å². The van der Waals surface area contributed by atoms with Crippen molar-refractivity contribution in [1.82, 2.24) is 14.5 Å². The van der Waals surface area contributed by atoms with Crippen LogP contribution in [0.15, 0.2) is 79.1 Å². The van der Waals surface area contributed by atoms with E-state index in [1.54, 1.807) is 45.6 Å². The minimum absolute atomic E-state index is 0.00234. The van der Waals surface area contributed by atoms with Crippen LogP contribution in [0, 0.1) is 0 Å². The summed E-state index contributed by atoms with van der Waals surface area (Å²) in [5.74, 6) is -2.51. The van der Waals surface area contributed by atoms with Crippen molar-refractivity contribution in [2.24, 2.45) is 0 Å². The fourth-order valence-electron chi connectivity index (χ4n) is 10.3. The Kier molecular flexibility index (Phi) is 11.8. The van der Waals surface area contributed by atoms with Crippen LogP contribution in [0.1, 0.15) is 77.4 Å². The minimum atomic E-state index is -3.69. The van der Waals surface area contributed by atoms with Gasteiger partial charge in [-0.25, -0.2) is 22.8 Å². The molecular formula is C46H48ClN7O10S2. The number of hydrogen-bond donors (Lipinski definition) is 5. The van der Waals surface area contributed by atoms with Crippen molar-refractivity contribution in [3.63, 3.8) is 0 Å². The highest BCUT2D eigenvalue weighted by Crippen LogP contribution is 2.56. The third-order valence-corrected chi connectivity index (χ3v) is 17.7. The molecule has 4 amide bonds. The average molecular weight is 959 g/mol. The Morgan fingerprint density at radius 3 is 2.42 bits per heavy atom. The highest BCUT2D eigenvalue weighted by Gasteiger charge is 2.64. The van der Waals surface area contributed by atoms with Crippen molar-refractivity contribution in [2.45, 2.75) is 74.2 Å². The first-order valence-electron chi connectivity index (χ1n) is 21.6. The van der Waals surface area contributed by atoms with E-state index in [-0.39, 0.29) is 51.9 Å². The number of sulfonamides is 1. The lowest BCUT2D eigenvalue weighted by Crippen LogP contribution is -2.70. The number of likely N-dealkylation sites (tertiary alicyclic amines) is 1. The van der Waals surface area contributed by atoms with E-state index in [1.165, 1.54) is 0 Å². The van der Waals surface area contributed by atoms with E-state index < -0.39 is 45.4 Å². The molecule has 6 heterocycles. The predicted octanol–water partition coefficient (Wildman–Crippen LogP) is 6.89. The Labute approximate surface area is 390 Å². The fourth-order valence-corrected chi connectivity index (χ4v) is 14.3. The largest absolute Gasteiger partial charge is 0.479 e. The highest BCUT2D eigenvalue weighted by atomic mass is 35.5. The van der Waals surface area contributed by atoms with E-state index in [0.717, 1.165) is 41.1 Å². The van der Waals surface area contributed by atoms with Crippen molar-refractivity contribution in [3.05, 3.63) is 100 Å². The van der Waals surface area contributed by atoms with Gasteiger partial charge in [-0.2, -0.15) is 4.31 Å². The van der Waals surface area contributed by atoms with E-state index >= 15 is 0 Å². The number of hydrogen-bond acceptors (Lipinski definition) is 12. The molecule has 66 heavy (non-hydrogen) atoms. The van der Waals surface area contributed by atoms with Crippen LogP contribution in [0.2, 0.25) is 5.02 Å². The summed E-state index contributed by atoms with van der Waals surface area (Å²) >= 11 is 7.43.